The summed E-state index contributed by atoms with van der Waals surface area (Å²) in [5.74, 6) is -0.507. The highest BCUT2D eigenvalue weighted by molar-refractivity contribution is 5.77. The van der Waals surface area contributed by atoms with Crippen LogP contribution in [-0.4, -0.2) is 55.4 Å². The number of halogens is 2. The van der Waals surface area contributed by atoms with E-state index in [-0.39, 0.29) is 12.2 Å². The molecule has 3 N–H and O–H groups in total. The Morgan fingerprint density at radius 3 is 2.69 bits per heavy atom. The number of nitrogens with one attached hydrogen (secondary N) is 2. The summed E-state index contributed by atoms with van der Waals surface area (Å²) in [4.78, 5) is 11.1. The lowest BCUT2D eigenvalue weighted by molar-refractivity contribution is -0.136. The summed E-state index contributed by atoms with van der Waals surface area (Å²) < 4.78 is 29.0. The highest BCUT2D eigenvalue weighted by Gasteiger charge is 2.33. The quantitative estimate of drug-likeness (QED) is 0.561. The molecule has 0 bridgehead atoms. The zero-order valence-electron chi connectivity index (χ0n) is 9.00. The fourth-order valence-electron chi connectivity index (χ4n) is 1.18. The van der Waals surface area contributed by atoms with Gasteiger partial charge in [0.1, 0.15) is 12.7 Å². The van der Waals surface area contributed by atoms with Crippen LogP contribution in [0.5, 0.6) is 0 Å². The van der Waals surface area contributed by atoms with Crippen molar-refractivity contribution in [3.8, 4) is 0 Å². The Kier molecular flexibility index (Phi) is 4.57. The number of amides is 1. The maximum atomic E-state index is 11.9. The van der Waals surface area contributed by atoms with E-state index in [4.69, 9.17) is 9.84 Å². The zero-order valence-corrected chi connectivity index (χ0v) is 9.00. The molecule has 0 aromatic rings. The lowest BCUT2D eigenvalue weighted by Gasteiger charge is -2.38. The fraction of sp³-hybridized carbons (Fsp3) is 0.889. The molecule has 0 spiro atoms. The van der Waals surface area contributed by atoms with Crippen LogP contribution >= 0.6 is 0 Å². The first-order chi connectivity index (χ1) is 7.43. The average Bonchev–Trinajstić information content (AvgIpc) is 2.19. The van der Waals surface area contributed by atoms with Gasteiger partial charge in [0.15, 0.2) is 0 Å². The predicted octanol–water partition coefficient (Wildman–Crippen LogP) is -0.893. The van der Waals surface area contributed by atoms with Gasteiger partial charge in [-0.1, -0.05) is 0 Å². The summed E-state index contributed by atoms with van der Waals surface area (Å²) in [5.41, 5.74) is -0.349. The van der Waals surface area contributed by atoms with Crippen LogP contribution in [0.4, 0.5) is 8.78 Å². The smallest absolute Gasteiger partial charge is 0.265 e. The van der Waals surface area contributed by atoms with Crippen molar-refractivity contribution < 1.29 is 23.4 Å². The highest BCUT2D eigenvalue weighted by atomic mass is 19.3. The monoisotopic (exact) mass is 238 g/mol. The van der Waals surface area contributed by atoms with Crippen molar-refractivity contribution in [2.45, 2.75) is 25.1 Å². The van der Waals surface area contributed by atoms with E-state index in [1.54, 1.807) is 0 Å². The number of aliphatic hydroxyl groups excluding tert-OH is 1. The van der Waals surface area contributed by atoms with E-state index >= 15 is 0 Å². The Morgan fingerprint density at radius 2 is 2.25 bits per heavy atom. The third kappa shape index (κ3) is 3.99. The van der Waals surface area contributed by atoms with Crippen molar-refractivity contribution in [2.75, 3.05) is 26.2 Å². The molecule has 94 valence electrons. The molecule has 5 nitrogen and oxygen atoms in total. The van der Waals surface area contributed by atoms with Crippen molar-refractivity contribution in [3.63, 3.8) is 0 Å². The summed E-state index contributed by atoms with van der Waals surface area (Å²) in [7, 11) is 0. The topological polar surface area (TPSA) is 70.6 Å². The van der Waals surface area contributed by atoms with Gasteiger partial charge in [-0.15, -0.1) is 0 Å². The highest BCUT2D eigenvalue weighted by Crippen LogP contribution is 2.14. The van der Waals surface area contributed by atoms with Crippen LogP contribution in [0, 0.1) is 0 Å². The largest absolute Gasteiger partial charge is 0.385 e. The number of aliphatic hydroxyl groups is 1. The van der Waals surface area contributed by atoms with E-state index in [9.17, 15) is 13.6 Å². The molecule has 0 aliphatic carbocycles. The summed E-state index contributed by atoms with van der Waals surface area (Å²) in [6, 6.07) is 0. The second-order valence-electron chi connectivity index (χ2n) is 4.05. The van der Waals surface area contributed by atoms with Gasteiger partial charge in [-0.25, -0.2) is 8.78 Å². The molecule has 1 rings (SSSR count). The van der Waals surface area contributed by atoms with Crippen LogP contribution in [0.2, 0.25) is 0 Å². The summed E-state index contributed by atoms with van der Waals surface area (Å²) >= 11 is 0. The summed E-state index contributed by atoms with van der Waals surface area (Å²) in [5, 5.41) is 13.9. The van der Waals surface area contributed by atoms with Crippen molar-refractivity contribution >= 4 is 5.91 Å². The fourth-order valence-corrected chi connectivity index (χ4v) is 1.18. The van der Waals surface area contributed by atoms with E-state index < -0.39 is 25.0 Å². The molecular weight excluding hydrogens is 222 g/mol. The molecule has 1 atom stereocenters. The molecule has 7 heteroatoms. The van der Waals surface area contributed by atoms with Crippen LogP contribution in [-0.2, 0) is 9.53 Å². The second kappa shape index (κ2) is 5.51. The molecule has 1 unspecified atom stereocenters. The first kappa shape index (κ1) is 13.3. The lowest BCUT2D eigenvalue weighted by Crippen LogP contribution is -2.59. The van der Waals surface area contributed by atoms with Crippen molar-refractivity contribution in [1.29, 1.82) is 0 Å². The van der Waals surface area contributed by atoms with Crippen LogP contribution < -0.4 is 10.6 Å². The van der Waals surface area contributed by atoms with Crippen molar-refractivity contribution in [2.24, 2.45) is 0 Å². The SMILES string of the molecule is CC1(OCC(=O)NCC(O)C(F)F)CNC1. The van der Waals surface area contributed by atoms with Gasteiger partial charge in [-0.2, -0.15) is 0 Å². The molecule has 1 fully saturated rings. The van der Waals surface area contributed by atoms with Gasteiger partial charge in [0.2, 0.25) is 5.91 Å². The van der Waals surface area contributed by atoms with Crippen LogP contribution in [0.15, 0.2) is 0 Å². The van der Waals surface area contributed by atoms with E-state index in [0.717, 1.165) is 0 Å². The average molecular weight is 238 g/mol. The maximum Gasteiger partial charge on any atom is 0.265 e. The normalized spacial score (nSPS) is 20.3. The number of rotatable bonds is 6. The van der Waals surface area contributed by atoms with E-state index in [1.807, 2.05) is 6.92 Å². The van der Waals surface area contributed by atoms with Crippen LogP contribution in [0.3, 0.4) is 0 Å². The maximum absolute atomic E-state index is 11.9. The van der Waals surface area contributed by atoms with Gasteiger partial charge in [0, 0.05) is 19.6 Å². The molecule has 1 aliphatic heterocycles. The van der Waals surface area contributed by atoms with E-state index in [1.165, 1.54) is 0 Å². The number of carbonyl (C=O) groups excluding carboxylic acids is 1. The van der Waals surface area contributed by atoms with Crippen molar-refractivity contribution in [3.05, 3.63) is 0 Å². The first-order valence-corrected chi connectivity index (χ1v) is 5.00. The Morgan fingerprint density at radius 1 is 1.62 bits per heavy atom. The molecule has 0 saturated carbocycles. The molecule has 1 aliphatic rings. The van der Waals surface area contributed by atoms with Crippen molar-refractivity contribution in [1.82, 2.24) is 10.6 Å². The molecule has 1 amide bonds. The van der Waals surface area contributed by atoms with Gasteiger partial charge >= 0.3 is 0 Å². The Balaban J connectivity index is 2.11. The number of carbonyl (C=O) groups is 1. The first-order valence-electron chi connectivity index (χ1n) is 5.00. The Hall–Kier alpha value is -0.790. The molecular formula is C9H16F2N2O3. The minimum absolute atomic E-state index is 0.186. The third-order valence-electron chi connectivity index (χ3n) is 2.35. The van der Waals surface area contributed by atoms with Crippen LogP contribution in [0.1, 0.15) is 6.92 Å². The summed E-state index contributed by atoms with van der Waals surface area (Å²) in [6.07, 6.45) is -4.68. The molecule has 1 saturated heterocycles. The molecule has 0 aromatic heterocycles. The summed E-state index contributed by atoms with van der Waals surface area (Å²) in [6.45, 7) is 2.54. The van der Waals surface area contributed by atoms with Gasteiger partial charge in [-0.05, 0) is 6.92 Å². The third-order valence-corrected chi connectivity index (χ3v) is 2.35. The number of ether oxygens (including phenoxy) is 1. The number of hydrogen-bond acceptors (Lipinski definition) is 4. The number of alkyl halides is 2. The van der Waals surface area contributed by atoms with E-state index in [0.29, 0.717) is 13.1 Å². The Bertz CT molecular complexity index is 247. The minimum Gasteiger partial charge on any atom is -0.385 e. The lowest BCUT2D eigenvalue weighted by atomic mass is 10.0. The molecule has 1 heterocycles. The van der Waals surface area contributed by atoms with Gasteiger partial charge in [-0.3, -0.25) is 4.79 Å². The van der Waals surface area contributed by atoms with E-state index in [2.05, 4.69) is 10.6 Å². The van der Waals surface area contributed by atoms with Gasteiger partial charge in [0.25, 0.3) is 6.43 Å². The number of hydrogen-bond donors (Lipinski definition) is 3. The molecule has 0 radical (unpaired) electrons. The van der Waals surface area contributed by atoms with Gasteiger partial charge < -0.3 is 20.5 Å². The second-order valence-corrected chi connectivity index (χ2v) is 4.05. The van der Waals surface area contributed by atoms with Crippen LogP contribution in [0.25, 0.3) is 0 Å². The zero-order chi connectivity index (χ0) is 12.2. The van der Waals surface area contributed by atoms with Gasteiger partial charge in [0.05, 0.1) is 5.60 Å². The Labute approximate surface area is 92.2 Å². The predicted molar refractivity (Wildman–Crippen MR) is 52.2 cm³/mol. The minimum atomic E-state index is -2.85. The molecule has 0 aromatic carbocycles. The standard InChI is InChI=1S/C9H16F2N2O3/c1-9(4-12-5-9)16-3-7(15)13-2-6(14)8(10)11/h6,8,12,14H,2-5H2,1H3,(H,13,15). The molecule has 16 heavy (non-hydrogen) atoms.